The highest BCUT2D eigenvalue weighted by Gasteiger charge is 2.45. The van der Waals surface area contributed by atoms with E-state index in [1.165, 1.54) is 16.5 Å². The van der Waals surface area contributed by atoms with Crippen LogP contribution in [0.1, 0.15) is 61.4 Å². The first kappa shape index (κ1) is 30.6. The van der Waals surface area contributed by atoms with E-state index >= 15 is 0 Å². The number of anilines is 1. The first-order valence-corrected chi connectivity index (χ1v) is 16.6. The Kier molecular flexibility index (Phi) is 7.96. The Hall–Kier alpha value is -4.03. The molecule has 1 atom stereocenters. The fourth-order valence-electron chi connectivity index (χ4n) is 7.95. The highest BCUT2D eigenvalue weighted by Crippen LogP contribution is 2.44. The number of nitriles is 1. The largest absolute Gasteiger partial charge is 0.388 e. The normalized spacial score (nSPS) is 20.5. The molecule has 46 heavy (non-hydrogen) atoms. The number of hydrogen-bond donors (Lipinski definition) is 1. The molecule has 9 heteroatoms. The van der Waals surface area contributed by atoms with Crippen LogP contribution in [-0.2, 0) is 19.5 Å². The van der Waals surface area contributed by atoms with Crippen LogP contribution >= 0.6 is 0 Å². The van der Waals surface area contributed by atoms with E-state index in [-0.39, 0.29) is 11.8 Å². The molecule has 1 unspecified atom stereocenters. The van der Waals surface area contributed by atoms with Gasteiger partial charge in [-0.3, -0.25) is 4.90 Å². The number of nitrogens with zero attached hydrogens (tertiary/aromatic N) is 6. The number of alkyl halides is 2. The number of aromatic nitrogens is 3. The fourth-order valence-corrected chi connectivity index (χ4v) is 7.95. The minimum Gasteiger partial charge on any atom is -0.388 e. The number of fused-ring (bicyclic) bond motifs is 2. The lowest BCUT2D eigenvalue weighted by Crippen LogP contribution is -2.60. The second-order valence-electron chi connectivity index (χ2n) is 14.2. The van der Waals surface area contributed by atoms with E-state index in [1.807, 2.05) is 12.1 Å². The van der Waals surface area contributed by atoms with Crippen LogP contribution < -0.4 is 10.2 Å². The van der Waals surface area contributed by atoms with E-state index in [1.54, 1.807) is 12.4 Å². The number of nitrogens with one attached hydrogen (secondary N) is 1. The third-order valence-electron chi connectivity index (χ3n) is 10.6. The SMILES string of the molecule is C=C1CCCC(Cn2c(C#N)cc3c(C)c(CN4CCC5(CC4)CN(c4ncnc6ccc(CC(C)(F)F)cc46)C5)ccc32)CN1. The predicted octanol–water partition coefficient (Wildman–Crippen LogP) is 6.97. The molecule has 3 fully saturated rings. The van der Waals surface area contributed by atoms with Crippen molar-refractivity contribution in [2.24, 2.45) is 11.3 Å². The Labute approximate surface area is 269 Å². The third kappa shape index (κ3) is 6.07. The Morgan fingerprint density at radius 2 is 1.91 bits per heavy atom. The molecule has 3 saturated heterocycles. The van der Waals surface area contributed by atoms with Gasteiger partial charge < -0.3 is 14.8 Å². The van der Waals surface area contributed by atoms with E-state index in [9.17, 15) is 14.0 Å². The van der Waals surface area contributed by atoms with Crippen molar-refractivity contribution in [2.45, 2.75) is 71.4 Å². The lowest BCUT2D eigenvalue weighted by molar-refractivity contribution is 0.0226. The second-order valence-corrected chi connectivity index (χ2v) is 14.2. The summed E-state index contributed by atoms with van der Waals surface area (Å²) in [5.74, 6) is -1.42. The van der Waals surface area contributed by atoms with Gasteiger partial charge in [0.1, 0.15) is 23.9 Å². The second kappa shape index (κ2) is 12.0. The molecule has 3 aliphatic rings. The number of hydrogen-bond acceptors (Lipinski definition) is 6. The topological polar surface area (TPSA) is 73.0 Å². The zero-order valence-corrected chi connectivity index (χ0v) is 27.0. The smallest absolute Gasteiger partial charge is 0.249 e. The van der Waals surface area contributed by atoms with Crippen LogP contribution in [0.4, 0.5) is 14.6 Å². The molecule has 1 spiro atoms. The summed E-state index contributed by atoms with van der Waals surface area (Å²) in [4.78, 5) is 13.8. The number of benzene rings is 2. The molecule has 0 radical (unpaired) electrons. The molecule has 5 heterocycles. The quantitative estimate of drug-likeness (QED) is 0.240. The molecular weight excluding hydrogens is 580 g/mol. The van der Waals surface area contributed by atoms with Crippen molar-refractivity contribution in [1.29, 1.82) is 5.26 Å². The van der Waals surface area contributed by atoms with Gasteiger partial charge in [0.2, 0.25) is 5.92 Å². The van der Waals surface area contributed by atoms with Crippen molar-refractivity contribution in [1.82, 2.24) is 24.8 Å². The van der Waals surface area contributed by atoms with Crippen molar-refractivity contribution < 1.29 is 8.78 Å². The summed E-state index contributed by atoms with van der Waals surface area (Å²) in [6, 6.07) is 14.4. The van der Waals surface area contributed by atoms with Crippen LogP contribution in [0.25, 0.3) is 21.8 Å². The van der Waals surface area contributed by atoms with Crippen LogP contribution in [-0.4, -0.2) is 58.1 Å². The molecule has 2 aromatic carbocycles. The molecule has 0 amide bonds. The van der Waals surface area contributed by atoms with Crippen molar-refractivity contribution in [3.63, 3.8) is 0 Å². The van der Waals surface area contributed by atoms with E-state index in [0.717, 1.165) is 118 Å². The van der Waals surface area contributed by atoms with Crippen LogP contribution in [0.2, 0.25) is 0 Å². The van der Waals surface area contributed by atoms with Gasteiger partial charge in [-0.05, 0) is 106 Å². The highest BCUT2D eigenvalue weighted by molar-refractivity contribution is 5.90. The lowest BCUT2D eigenvalue weighted by Gasteiger charge is -2.54. The molecule has 240 valence electrons. The van der Waals surface area contributed by atoms with Gasteiger partial charge in [0.15, 0.2) is 0 Å². The standard InChI is InChI=1S/C37H43F2N7/c1-25-5-4-6-28(19-41-25)20-46-30(18-40)16-31-26(2)29(8-10-34(31)46)21-44-13-11-37(12-14-44)22-45(23-37)35-32-15-27(17-36(3,38)39)7-9-33(32)42-24-43-35/h7-10,15-16,24,28,41H,1,4-6,11-14,17,19-23H2,2-3H3. The monoisotopic (exact) mass is 623 g/mol. The van der Waals surface area contributed by atoms with Gasteiger partial charge in [-0.15, -0.1) is 0 Å². The summed E-state index contributed by atoms with van der Waals surface area (Å²) in [5.41, 5.74) is 7.28. The Morgan fingerprint density at radius 3 is 2.67 bits per heavy atom. The summed E-state index contributed by atoms with van der Waals surface area (Å²) in [5, 5.41) is 15.5. The zero-order chi connectivity index (χ0) is 32.1. The maximum Gasteiger partial charge on any atom is 0.249 e. The molecular formula is C37H43F2N7. The van der Waals surface area contributed by atoms with Crippen molar-refractivity contribution in [2.75, 3.05) is 37.6 Å². The van der Waals surface area contributed by atoms with Crippen molar-refractivity contribution >= 4 is 27.6 Å². The maximum absolute atomic E-state index is 13.7. The first-order chi connectivity index (χ1) is 22.1. The van der Waals surface area contributed by atoms with Crippen molar-refractivity contribution in [3.05, 3.63) is 77.4 Å². The molecule has 4 aromatic rings. The summed E-state index contributed by atoms with van der Waals surface area (Å²) >= 11 is 0. The number of allylic oxidation sites excluding steroid dienone is 1. The summed E-state index contributed by atoms with van der Waals surface area (Å²) < 4.78 is 29.6. The number of piperidine rings is 1. The zero-order valence-electron chi connectivity index (χ0n) is 27.0. The summed E-state index contributed by atoms with van der Waals surface area (Å²) in [7, 11) is 0. The Bertz CT molecular complexity index is 1820. The van der Waals surface area contributed by atoms with Gasteiger partial charge in [-0.25, -0.2) is 18.7 Å². The van der Waals surface area contributed by atoms with Gasteiger partial charge >= 0.3 is 0 Å². The van der Waals surface area contributed by atoms with Crippen LogP contribution in [0, 0.1) is 29.6 Å². The molecule has 0 bridgehead atoms. The highest BCUT2D eigenvalue weighted by atomic mass is 19.3. The van der Waals surface area contributed by atoms with Gasteiger partial charge in [0.05, 0.1) is 5.52 Å². The Balaban J connectivity index is 1.00. The lowest BCUT2D eigenvalue weighted by atomic mass is 9.72. The van der Waals surface area contributed by atoms with Gasteiger partial charge in [-0.1, -0.05) is 18.7 Å². The average Bonchev–Trinajstić information content (AvgIpc) is 3.23. The molecule has 3 aliphatic heterocycles. The molecule has 7 rings (SSSR count). The predicted molar refractivity (Wildman–Crippen MR) is 179 cm³/mol. The van der Waals surface area contributed by atoms with E-state index in [0.29, 0.717) is 11.5 Å². The molecule has 2 aromatic heterocycles. The number of likely N-dealkylation sites (tertiary alicyclic amines) is 1. The summed E-state index contributed by atoms with van der Waals surface area (Å²) in [6.45, 7) is 13.9. The molecule has 0 aliphatic carbocycles. The van der Waals surface area contributed by atoms with Gasteiger partial charge in [0, 0.05) is 66.5 Å². The number of halogens is 2. The number of aryl methyl sites for hydroxylation is 1. The van der Waals surface area contributed by atoms with Crippen LogP contribution in [0.15, 0.2) is 55.0 Å². The minimum absolute atomic E-state index is 0.263. The molecule has 1 N–H and O–H groups in total. The van der Waals surface area contributed by atoms with E-state index in [4.69, 9.17) is 0 Å². The number of rotatable bonds is 7. The maximum atomic E-state index is 13.7. The Morgan fingerprint density at radius 1 is 1.11 bits per heavy atom. The van der Waals surface area contributed by atoms with Crippen LogP contribution in [0.5, 0.6) is 0 Å². The van der Waals surface area contributed by atoms with Gasteiger partial charge in [0.25, 0.3) is 0 Å². The van der Waals surface area contributed by atoms with Crippen molar-refractivity contribution in [3.8, 4) is 6.07 Å². The summed E-state index contributed by atoms with van der Waals surface area (Å²) in [6.07, 6.45) is 6.84. The fraction of sp³-hybridized carbons (Fsp3) is 0.486. The van der Waals surface area contributed by atoms with Crippen LogP contribution in [0.3, 0.4) is 0 Å². The first-order valence-electron chi connectivity index (χ1n) is 16.6. The minimum atomic E-state index is -2.75. The average molecular weight is 624 g/mol. The van der Waals surface area contributed by atoms with E-state index < -0.39 is 5.92 Å². The molecule has 0 saturated carbocycles. The third-order valence-corrected chi connectivity index (χ3v) is 10.6. The van der Waals surface area contributed by atoms with Gasteiger partial charge in [-0.2, -0.15) is 5.26 Å². The van der Waals surface area contributed by atoms with E-state index in [2.05, 4.69) is 67.4 Å². The molecule has 7 nitrogen and oxygen atoms in total.